The minimum Gasteiger partial charge on any atom is -0.444 e. The van der Waals surface area contributed by atoms with Gasteiger partial charge in [0.15, 0.2) is 0 Å². The van der Waals surface area contributed by atoms with Gasteiger partial charge in [0, 0.05) is 30.2 Å². The lowest BCUT2D eigenvalue weighted by Gasteiger charge is -2.31. The van der Waals surface area contributed by atoms with Gasteiger partial charge in [-0.15, -0.1) is 0 Å². The third-order valence-corrected chi connectivity index (χ3v) is 6.45. The van der Waals surface area contributed by atoms with Crippen molar-refractivity contribution in [1.29, 1.82) is 0 Å². The number of benzene rings is 1. The van der Waals surface area contributed by atoms with Crippen molar-refractivity contribution in [3.63, 3.8) is 0 Å². The molecule has 0 aliphatic carbocycles. The van der Waals surface area contributed by atoms with Gasteiger partial charge in [-0.1, -0.05) is 17.7 Å². The lowest BCUT2D eigenvalue weighted by Crippen LogP contribution is -2.42. The van der Waals surface area contributed by atoms with Crippen LogP contribution in [0.25, 0.3) is 0 Å². The summed E-state index contributed by atoms with van der Waals surface area (Å²) >= 11 is 5.94. The summed E-state index contributed by atoms with van der Waals surface area (Å²) in [6.07, 6.45) is 0.742. The molecular weight excluding hydrogens is 395 g/mol. The summed E-state index contributed by atoms with van der Waals surface area (Å²) in [5, 5.41) is 2.83. The first-order valence-corrected chi connectivity index (χ1v) is 10.8. The number of rotatable bonds is 5. The van der Waals surface area contributed by atoms with E-state index in [0.717, 1.165) is 0 Å². The molecule has 1 heterocycles. The second-order valence-electron chi connectivity index (χ2n) is 7.68. The Hall–Kier alpha value is -1.38. The van der Waals surface area contributed by atoms with E-state index < -0.39 is 33.3 Å². The van der Waals surface area contributed by atoms with Crippen molar-refractivity contribution in [1.82, 2.24) is 9.62 Å². The number of carbonyl (C=O) groups excluding carboxylic acids is 1. The highest BCUT2D eigenvalue weighted by molar-refractivity contribution is 7.88. The van der Waals surface area contributed by atoms with Crippen LogP contribution in [0.1, 0.15) is 39.2 Å². The van der Waals surface area contributed by atoms with E-state index in [1.807, 2.05) is 0 Å². The van der Waals surface area contributed by atoms with Crippen molar-refractivity contribution < 1.29 is 22.3 Å². The van der Waals surface area contributed by atoms with E-state index in [4.69, 9.17) is 16.3 Å². The molecule has 1 aromatic rings. The predicted octanol–water partition coefficient (Wildman–Crippen LogP) is 3.55. The Morgan fingerprint density at radius 3 is 2.52 bits per heavy atom. The van der Waals surface area contributed by atoms with Crippen molar-refractivity contribution in [3.05, 3.63) is 34.6 Å². The molecule has 0 unspecified atom stereocenters. The van der Waals surface area contributed by atoms with Crippen molar-refractivity contribution in [3.8, 4) is 0 Å². The molecule has 0 bridgehead atoms. The number of carbonyl (C=O) groups is 1. The van der Waals surface area contributed by atoms with Crippen LogP contribution in [-0.4, -0.2) is 44.1 Å². The highest BCUT2D eigenvalue weighted by Crippen LogP contribution is 2.25. The monoisotopic (exact) mass is 420 g/mol. The number of amides is 1. The molecule has 0 aromatic heterocycles. The number of nitrogens with zero attached hydrogens (tertiary/aromatic N) is 1. The summed E-state index contributed by atoms with van der Waals surface area (Å²) in [5.74, 6) is -0.914. The van der Waals surface area contributed by atoms with Gasteiger partial charge in [0.25, 0.3) is 0 Å². The zero-order chi connectivity index (χ0) is 20.2. The van der Waals surface area contributed by atoms with Crippen LogP contribution in [0, 0.1) is 11.7 Å². The molecule has 0 radical (unpaired) electrons. The average Bonchev–Trinajstić information content (AvgIpc) is 2.55. The first-order chi connectivity index (χ1) is 12.5. The molecule has 0 spiro atoms. The van der Waals surface area contributed by atoms with Crippen molar-refractivity contribution in [2.24, 2.45) is 5.92 Å². The number of halogens is 2. The van der Waals surface area contributed by atoms with Crippen LogP contribution in [0.4, 0.5) is 9.18 Å². The number of hydrogen-bond acceptors (Lipinski definition) is 4. The maximum absolute atomic E-state index is 13.9. The van der Waals surface area contributed by atoms with Gasteiger partial charge in [0.1, 0.15) is 11.4 Å². The molecular formula is C18H26ClFN2O4S. The Bertz CT molecular complexity index is 752. The number of nitrogens with one attached hydrogen (secondary N) is 1. The Balaban J connectivity index is 1.86. The number of sulfonamides is 1. The second kappa shape index (κ2) is 8.75. The van der Waals surface area contributed by atoms with Gasteiger partial charge in [0.05, 0.1) is 5.75 Å². The summed E-state index contributed by atoms with van der Waals surface area (Å²) < 4.78 is 45.6. The van der Waals surface area contributed by atoms with E-state index in [1.54, 1.807) is 20.8 Å². The number of ether oxygens (including phenoxy) is 1. The third-order valence-electron chi connectivity index (χ3n) is 4.29. The Kier molecular flexibility index (Phi) is 7.10. The maximum Gasteiger partial charge on any atom is 0.407 e. The third kappa shape index (κ3) is 6.62. The van der Waals surface area contributed by atoms with E-state index in [-0.39, 0.29) is 16.5 Å². The minimum absolute atomic E-state index is 0.00659. The topological polar surface area (TPSA) is 75.7 Å². The van der Waals surface area contributed by atoms with Crippen LogP contribution < -0.4 is 5.32 Å². The van der Waals surface area contributed by atoms with Gasteiger partial charge >= 0.3 is 6.09 Å². The molecule has 1 aliphatic rings. The molecule has 1 amide bonds. The number of hydrogen-bond donors (Lipinski definition) is 1. The number of alkyl carbamates (subject to hydrolysis) is 1. The predicted molar refractivity (Wildman–Crippen MR) is 103 cm³/mol. The lowest BCUT2D eigenvalue weighted by molar-refractivity contribution is 0.0513. The van der Waals surface area contributed by atoms with Crippen LogP contribution in [0.2, 0.25) is 5.02 Å². The van der Waals surface area contributed by atoms with Gasteiger partial charge in [-0.2, -0.15) is 0 Å². The molecule has 1 aromatic carbocycles. The quantitative estimate of drug-likeness (QED) is 0.790. The van der Waals surface area contributed by atoms with Crippen LogP contribution in [-0.2, 0) is 20.5 Å². The summed E-state index contributed by atoms with van der Waals surface area (Å²) in [6, 6.07) is 4.12. The molecule has 27 heavy (non-hydrogen) atoms. The zero-order valence-corrected chi connectivity index (χ0v) is 17.4. The molecule has 1 N–H and O–H groups in total. The maximum atomic E-state index is 13.9. The summed E-state index contributed by atoms with van der Waals surface area (Å²) in [5.41, 5.74) is -0.567. The van der Waals surface area contributed by atoms with Gasteiger partial charge < -0.3 is 10.1 Å². The fourth-order valence-electron chi connectivity index (χ4n) is 2.88. The normalized spacial score (nSPS) is 16.9. The van der Waals surface area contributed by atoms with Gasteiger partial charge in [-0.05, 0) is 51.7 Å². The molecule has 1 saturated heterocycles. The van der Waals surface area contributed by atoms with E-state index in [0.29, 0.717) is 32.5 Å². The minimum atomic E-state index is -3.66. The first-order valence-electron chi connectivity index (χ1n) is 8.85. The van der Waals surface area contributed by atoms with E-state index in [9.17, 15) is 17.6 Å². The smallest absolute Gasteiger partial charge is 0.407 e. The zero-order valence-electron chi connectivity index (χ0n) is 15.8. The fraction of sp³-hybridized carbons (Fsp3) is 0.611. The van der Waals surface area contributed by atoms with Crippen molar-refractivity contribution in [2.75, 3.05) is 19.6 Å². The highest BCUT2D eigenvalue weighted by atomic mass is 35.5. The van der Waals surface area contributed by atoms with E-state index in [1.165, 1.54) is 22.5 Å². The Labute approximate surface area is 165 Å². The molecule has 152 valence electrons. The average molecular weight is 421 g/mol. The van der Waals surface area contributed by atoms with E-state index >= 15 is 0 Å². The summed E-state index contributed by atoms with van der Waals surface area (Å²) in [7, 11) is -3.66. The summed E-state index contributed by atoms with van der Waals surface area (Å²) in [4.78, 5) is 11.7. The van der Waals surface area contributed by atoms with Crippen molar-refractivity contribution in [2.45, 2.75) is 45.0 Å². The summed E-state index contributed by atoms with van der Waals surface area (Å²) in [6.45, 7) is 6.46. The standard InChI is InChI=1S/C18H26ClFN2O4S/c1-18(2,3)26-17(23)21-11-13-7-9-22(10-8-13)27(24,25)12-14-15(19)5-4-6-16(14)20/h4-6,13H,7-12H2,1-3H3,(H,21,23). The molecule has 2 rings (SSSR count). The van der Waals surface area contributed by atoms with Crippen LogP contribution in [0.5, 0.6) is 0 Å². The van der Waals surface area contributed by atoms with E-state index in [2.05, 4.69) is 5.32 Å². The molecule has 6 nitrogen and oxygen atoms in total. The lowest BCUT2D eigenvalue weighted by atomic mass is 9.98. The van der Waals surface area contributed by atoms with Crippen LogP contribution in [0.3, 0.4) is 0 Å². The largest absolute Gasteiger partial charge is 0.444 e. The SMILES string of the molecule is CC(C)(C)OC(=O)NCC1CCN(S(=O)(=O)Cc2c(F)cccc2Cl)CC1. The Morgan fingerprint density at radius 1 is 1.33 bits per heavy atom. The molecule has 1 fully saturated rings. The molecule has 9 heteroatoms. The van der Waals surface area contributed by atoms with Crippen molar-refractivity contribution >= 4 is 27.7 Å². The first kappa shape index (κ1) is 21.9. The number of piperidine rings is 1. The van der Waals surface area contributed by atoms with Gasteiger partial charge in [0.2, 0.25) is 10.0 Å². The molecule has 1 aliphatic heterocycles. The van der Waals surface area contributed by atoms with Gasteiger partial charge in [-0.3, -0.25) is 0 Å². The second-order valence-corrected chi connectivity index (χ2v) is 10.1. The van der Waals surface area contributed by atoms with Gasteiger partial charge in [-0.25, -0.2) is 21.9 Å². The van der Waals surface area contributed by atoms with Crippen LogP contribution in [0.15, 0.2) is 18.2 Å². The Morgan fingerprint density at radius 2 is 1.96 bits per heavy atom. The fourth-order valence-corrected chi connectivity index (χ4v) is 4.79. The molecule has 0 atom stereocenters. The highest BCUT2D eigenvalue weighted by Gasteiger charge is 2.30. The molecule has 0 saturated carbocycles. The van der Waals surface area contributed by atoms with Crippen LogP contribution >= 0.6 is 11.6 Å².